The van der Waals surface area contributed by atoms with E-state index in [1.165, 1.54) is 5.56 Å². The number of hydrogen-bond acceptors (Lipinski definition) is 4. The van der Waals surface area contributed by atoms with E-state index in [1.807, 2.05) is 7.05 Å². The first-order chi connectivity index (χ1) is 13.5. The molecule has 7 nitrogen and oxygen atoms in total. The summed E-state index contributed by atoms with van der Waals surface area (Å²) in [6, 6.07) is 11.4. The molecule has 1 heterocycles. The number of piperidine rings is 1. The van der Waals surface area contributed by atoms with Crippen molar-refractivity contribution in [2.75, 3.05) is 40.3 Å². The zero-order valence-corrected chi connectivity index (χ0v) is 17.5. The van der Waals surface area contributed by atoms with Crippen LogP contribution >= 0.6 is 0 Å². The zero-order valence-electron chi connectivity index (χ0n) is 17.5. The Morgan fingerprint density at radius 2 is 2.00 bits per heavy atom. The molecule has 0 saturated carbocycles. The van der Waals surface area contributed by atoms with Gasteiger partial charge >= 0.3 is 0 Å². The molecule has 1 fully saturated rings. The smallest absolute Gasteiger partial charge is 0.231 e. The molecule has 4 N–H and O–H groups in total. The Labute approximate surface area is 169 Å². The van der Waals surface area contributed by atoms with Crippen LogP contribution < -0.4 is 16.4 Å². The van der Waals surface area contributed by atoms with E-state index in [0.29, 0.717) is 18.6 Å². The highest BCUT2D eigenvalue weighted by Gasteiger charge is 2.20. The number of aliphatic imine (C=N–C) groups is 1. The molecule has 0 aromatic heterocycles. The highest BCUT2D eigenvalue weighted by Crippen LogP contribution is 2.10. The number of guanidine groups is 1. The van der Waals surface area contributed by atoms with E-state index in [0.717, 1.165) is 51.4 Å². The van der Waals surface area contributed by atoms with Gasteiger partial charge in [0, 0.05) is 45.3 Å². The van der Waals surface area contributed by atoms with Crippen LogP contribution in [0.3, 0.4) is 0 Å². The van der Waals surface area contributed by atoms with Crippen LogP contribution in [0.5, 0.6) is 0 Å². The van der Waals surface area contributed by atoms with Crippen molar-refractivity contribution < 1.29 is 4.79 Å². The number of carbonyl (C=O) groups is 1. The molecule has 1 atom stereocenters. The average molecular weight is 389 g/mol. The second-order valence-electron chi connectivity index (χ2n) is 7.70. The molecule has 156 valence electrons. The van der Waals surface area contributed by atoms with Crippen molar-refractivity contribution >= 4 is 11.9 Å². The summed E-state index contributed by atoms with van der Waals surface area (Å²) in [5, 5.41) is 6.94. The largest absolute Gasteiger partial charge is 0.369 e. The molecule has 1 amide bonds. The lowest BCUT2D eigenvalue weighted by atomic mass is 10.1. The van der Waals surface area contributed by atoms with Gasteiger partial charge in [0.25, 0.3) is 0 Å². The fraction of sp³-hybridized carbons (Fsp3) is 0.619. The number of nitrogens with one attached hydrogen (secondary N) is 2. The fourth-order valence-corrected chi connectivity index (χ4v) is 3.49. The standard InChI is InChI=1S/C21H36N6O/c1-17(26(3)15-18-7-5-4-6-8-18)9-12-24-21(23-2)25-19-10-13-27(14-11-19)16-20(22)28/h4-8,17,19H,9-16H2,1-3H3,(H2,22,28)(H2,23,24,25). The average Bonchev–Trinajstić information content (AvgIpc) is 2.68. The summed E-state index contributed by atoms with van der Waals surface area (Å²) >= 11 is 0. The van der Waals surface area contributed by atoms with Gasteiger partial charge in [0.05, 0.1) is 6.54 Å². The number of rotatable bonds is 9. The van der Waals surface area contributed by atoms with Crippen LogP contribution in [0.4, 0.5) is 0 Å². The molecular formula is C21H36N6O. The maximum Gasteiger partial charge on any atom is 0.231 e. The van der Waals surface area contributed by atoms with Gasteiger partial charge in [0.2, 0.25) is 5.91 Å². The van der Waals surface area contributed by atoms with Crippen molar-refractivity contribution in [1.29, 1.82) is 0 Å². The van der Waals surface area contributed by atoms with Crippen LogP contribution in [0.1, 0.15) is 31.7 Å². The third-order valence-electron chi connectivity index (χ3n) is 5.41. The topological polar surface area (TPSA) is 86.0 Å². The van der Waals surface area contributed by atoms with Gasteiger partial charge in [-0.15, -0.1) is 0 Å². The van der Waals surface area contributed by atoms with Crippen LogP contribution in [0.25, 0.3) is 0 Å². The van der Waals surface area contributed by atoms with E-state index >= 15 is 0 Å². The van der Waals surface area contributed by atoms with Gasteiger partial charge in [-0.05, 0) is 38.8 Å². The van der Waals surface area contributed by atoms with Crippen molar-refractivity contribution in [3.05, 3.63) is 35.9 Å². The van der Waals surface area contributed by atoms with Crippen molar-refractivity contribution in [3.63, 3.8) is 0 Å². The second kappa shape index (κ2) is 11.7. The Bertz CT molecular complexity index is 613. The molecule has 1 aromatic carbocycles. The molecule has 0 radical (unpaired) electrons. The summed E-state index contributed by atoms with van der Waals surface area (Å²) in [4.78, 5) is 19.9. The summed E-state index contributed by atoms with van der Waals surface area (Å²) in [5.41, 5.74) is 6.61. The lowest BCUT2D eigenvalue weighted by Gasteiger charge is -2.32. The number of likely N-dealkylation sites (tertiary alicyclic amines) is 1. The number of benzene rings is 1. The molecule has 1 aromatic rings. The third kappa shape index (κ3) is 7.86. The first kappa shape index (κ1) is 22.2. The van der Waals surface area contributed by atoms with Crippen molar-refractivity contribution in [3.8, 4) is 0 Å². The Hall–Kier alpha value is -2.12. The van der Waals surface area contributed by atoms with Gasteiger partial charge in [-0.3, -0.25) is 19.6 Å². The van der Waals surface area contributed by atoms with E-state index < -0.39 is 0 Å². The minimum Gasteiger partial charge on any atom is -0.369 e. The maximum absolute atomic E-state index is 11.0. The first-order valence-electron chi connectivity index (χ1n) is 10.2. The quantitative estimate of drug-likeness (QED) is 0.434. The third-order valence-corrected chi connectivity index (χ3v) is 5.41. The van der Waals surface area contributed by atoms with Gasteiger partial charge in [-0.2, -0.15) is 0 Å². The normalized spacial score (nSPS) is 17.5. The Morgan fingerprint density at radius 3 is 2.61 bits per heavy atom. The van der Waals surface area contributed by atoms with E-state index in [-0.39, 0.29) is 5.91 Å². The number of hydrogen-bond donors (Lipinski definition) is 3. The highest BCUT2D eigenvalue weighted by atomic mass is 16.1. The number of primary amides is 1. The predicted molar refractivity (Wildman–Crippen MR) is 115 cm³/mol. The van der Waals surface area contributed by atoms with Crippen LogP contribution in [0.2, 0.25) is 0 Å². The van der Waals surface area contributed by atoms with Crippen molar-refractivity contribution in [1.82, 2.24) is 20.4 Å². The molecule has 28 heavy (non-hydrogen) atoms. The number of nitrogens with zero attached hydrogens (tertiary/aromatic N) is 3. The number of amides is 1. The van der Waals surface area contributed by atoms with E-state index in [4.69, 9.17) is 5.73 Å². The molecule has 1 saturated heterocycles. The first-order valence-corrected chi connectivity index (χ1v) is 10.2. The summed E-state index contributed by atoms with van der Waals surface area (Å²) < 4.78 is 0. The van der Waals surface area contributed by atoms with Gasteiger partial charge in [-0.1, -0.05) is 30.3 Å². The molecule has 0 spiro atoms. The van der Waals surface area contributed by atoms with Gasteiger partial charge in [-0.25, -0.2) is 0 Å². The molecule has 0 aliphatic carbocycles. The SMILES string of the molecule is CN=C(NCCC(C)N(C)Cc1ccccc1)NC1CCN(CC(N)=O)CC1. The van der Waals surface area contributed by atoms with E-state index in [9.17, 15) is 4.79 Å². The fourth-order valence-electron chi connectivity index (χ4n) is 3.49. The molecule has 1 aliphatic heterocycles. The van der Waals surface area contributed by atoms with Gasteiger partial charge in [0.15, 0.2) is 5.96 Å². The lowest BCUT2D eigenvalue weighted by Crippen LogP contribution is -2.50. The monoisotopic (exact) mass is 388 g/mol. The minimum atomic E-state index is -0.254. The van der Waals surface area contributed by atoms with Crippen LogP contribution in [0, 0.1) is 0 Å². The maximum atomic E-state index is 11.0. The molecule has 2 rings (SSSR count). The predicted octanol–water partition coefficient (Wildman–Crippen LogP) is 1.01. The van der Waals surface area contributed by atoms with Gasteiger partial charge < -0.3 is 16.4 Å². The molecule has 7 heteroatoms. The van der Waals surface area contributed by atoms with Crippen molar-refractivity contribution in [2.24, 2.45) is 10.7 Å². The van der Waals surface area contributed by atoms with Crippen molar-refractivity contribution in [2.45, 2.75) is 44.8 Å². The summed E-state index contributed by atoms with van der Waals surface area (Å²) in [5.74, 6) is 0.599. The van der Waals surface area contributed by atoms with Crippen LogP contribution in [-0.4, -0.2) is 74.0 Å². The molecule has 1 aliphatic rings. The van der Waals surface area contributed by atoms with E-state index in [2.05, 4.69) is 69.7 Å². The van der Waals surface area contributed by atoms with E-state index in [1.54, 1.807) is 0 Å². The number of carbonyl (C=O) groups excluding carboxylic acids is 1. The minimum absolute atomic E-state index is 0.254. The molecular weight excluding hydrogens is 352 g/mol. The zero-order chi connectivity index (χ0) is 20.4. The lowest BCUT2D eigenvalue weighted by molar-refractivity contribution is -0.119. The highest BCUT2D eigenvalue weighted by molar-refractivity contribution is 5.80. The second-order valence-corrected chi connectivity index (χ2v) is 7.70. The summed E-state index contributed by atoms with van der Waals surface area (Å²) in [6.07, 6.45) is 3.02. The Kier molecular flexibility index (Phi) is 9.23. The Morgan fingerprint density at radius 1 is 1.32 bits per heavy atom. The van der Waals surface area contributed by atoms with Crippen LogP contribution in [-0.2, 0) is 11.3 Å². The molecule has 0 bridgehead atoms. The molecule has 1 unspecified atom stereocenters. The summed E-state index contributed by atoms with van der Waals surface area (Å²) in [7, 11) is 3.98. The number of nitrogens with two attached hydrogens (primary N) is 1. The van der Waals surface area contributed by atoms with Gasteiger partial charge in [0.1, 0.15) is 0 Å². The Balaban J connectivity index is 1.66. The summed E-state index contributed by atoms with van der Waals surface area (Å²) in [6.45, 7) is 6.22. The van der Waals surface area contributed by atoms with Crippen LogP contribution in [0.15, 0.2) is 35.3 Å².